The molecule has 0 aromatic heterocycles. The standard InChI is InChI=1S/C13H24O/c1-4-5-6-7-8-9-12-13(14-12)10-11(2)3/h10,12-13H,4-9H2,1-3H3/t12-,13-/m0/s1. The van der Waals surface area contributed by atoms with Crippen LogP contribution >= 0.6 is 0 Å². The Balaban J connectivity index is 1.93. The van der Waals surface area contributed by atoms with E-state index in [1.54, 1.807) is 0 Å². The van der Waals surface area contributed by atoms with E-state index in [1.807, 2.05) is 0 Å². The summed E-state index contributed by atoms with van der Waals surface area (Å²) < 4.78 is 5.56. The molecule has 0 radical (unpaired) electrons. The van der Waals surface area contributed by atoms with Gasteiger partial charge in [-0.05, 0) is 20.3 Å². The molecule has 1 heterocycles. The maximum absolute atomic E-state index is 5.56. The molecule has 0 bridgehead atoms. The summed E-state index contributed by atoms with van der Waals surface area (Å²) in [4.78, 5) is 0. The number of allylic oxidation sites excluding steroid dienone is 1. The van der Waals surface area contributed by atoms with Crippen LogP contribution < -0.4 is 0 Å². The first kappa shape index (κ1) is 11.8. The van der Waals surface area contributed by atoms with Gasteiger partial charge < -0.3 is 4.74 Å². The first-order chi connectivity index (χ1) is 6.74. The lowest BCUT2D eigenvalue weighted by molar-refractivity contribution is 0.372. The second-order valence-corrected chi connectivity index (χ2v) is 4.59. The first-order valence-electron chi connectivity index (χ1n) is 6.04. The molecule has 0 aromatic carbocycles. The number of epoxide rings is 1. The summed E-state index contributed by atoms with van der Waals surface area (Å²) in [6.45, 7) is 6.54. The average molecular weight is 196 g/mol. The molecule has 1 heteroatoms. The average Bonchev–Trinajstić information content (AvgIpc) is 2.82. The number of hydrogen-bond acceptors (Lipinski definition) is 1. The van der Waals surface area contributed by atoms with Crippen LogP contribution in [0.3, 0.4) is 0 Å². The monoisotopic (exact) mass is 196 g/mol. The quantitative estimate of drug-likeness (QED) is 0.339. The molecule has 0 amide bonds. The van der Waals surface area contributed by atoms with Crippen molar-refractivity contribution in [3.05, 3.63) is 11.6 Å². The molecule has 1 aliphatic heterocycles. The first-order valence-corrected chi connectivity index (χ1v) is 6.04. The van der Waals surface area contributed by atoms with Crippen molar-refractivity contribution >= 4 is 0 Å². The van der Waals surface area contributed by atoms with Crippen LogP contribution in [-0.2, 0) is 4.74 Å². The van der Waals surface area contributed by atoms with E-state index in [9.17, 15) is 0 Å². The van der Waals surface area contributed by atoms with E-state index in [4.69, 9.17) is 4.74 Å². The smallest absolute Gasteiger partial charge is 0.102 e. The molecular weight excluding hydrogens is 172 g/mol. The van der Waals surface area contributed by atoms with Crippen LogP contribution in [-0.4, -0.2) is 12.2 Å². The minimum Gasteiger partial charge on any atom is -0.365 e. The van der Waals surface area contributed by atoms with Crippen LogP contribution in [0.25, 0.3) is 0 Å². The lowest BCUT2D eigenvalue weighted by Gasteiger charge is -1.96. The van der Waals surface area contributed by atoms with E-state index < -0.39 is 0 Å². The molecule has 82 valence electrons. The number of rotatable bonds is 7. The van der Waals surface area contributed by atoms with E-state index in [-0.39, 0.29) is 0 Å². The molecular formula is C13H24O. The van der Waals surface area contributed by atoms with Gasteiger partial charge in [0.1, 0.15) is 6.10 Å². The summed E-state index contributed by atoms with van der Waals surface area (Å²) in [5.41, 5.74) is 1.38. The van der Waals surface area contributed by atoms with Crippen molar-refractivity contribution < 1.29 is 4.74 Å². The van der Waals surface area contributed by atoms with Gasteiger partial charge >= 0.3 is 0 Å². The van der Waals surface area contributed by atoms with Crippen LogP contribution in [0.4, 0.5) is 0 Å². The Labute approximate surface area is 88.5 Å². The van der Waals surface area contributed by atoms with Gasteiger partial charge in [-0.15, -0.1) is 0 Å². The molecule has 2 atom stereocenters. The van der Waals surface area contributed by atoms with Gasteiger partial charge in [-0.25, -0.2) is 0 Å². The van der Waals surface area contributed by atoms with Gasteiger partial charge in [0.05, 0.1) is 6.10 Å². The maximum Gasteiger partial charge on any atom is 0.102 e. The normalized spacial score (nSPS) is 24.8. The van der Waals surface area contributed by atoms with Crippen molar-refractivity contribution in [2.75, 3.05) is 0 Å². The maximum atomic E-state index is 5.56. The third-order valence-corrected chi connectivity index (χ3v) is 2.71. The lowest BCUT2D eigenvalue weighted by Crippen LogP contribution is -1.91. The van der Waals surface area contributed by atoms with E-state index in [0.717, 1.165) is 0 Å². The lowest BCUT2D eigenvalue weighted by atomic mass is 10.1. The zero-order valence-corrected chi connectivity index (χ0v) is 9.88. The van der Waals surface area contributed by atoms with Gasteiger partial charge in [-0.2, -0.15) is 0 Å². The van der Waals surface area contributed by atoms with E-state index in [2.05, 4.69) is 26.8 Å². The van der Waals surface area contributed by atoms with Gasteiger partial charge in [-0.1, -0.05) is 50.7 Å². The predicted molar refractivity (Wildman–Crippen MR) is 61.5 cm³/mol. The van der Waals surface area contributed by atoms with Gasteiger partial charge in [-0.3, -0.25) is 0 Å². The Bertz CT molecular complexity index is 180. The SMILES string of the molecule is CCCCCCC[C@@H]1O[C@H]1C=C(C)C. The van der Waals surface area contributed by atoms with Crippen molar-refractivity contribution in [2.45, 2.75) is 71.5 Å². The molecule has 1 nitrogen and oxygen atoms in total. The Morgan fingerprint density at radius 2 is 1.86 bits per heavy atom. The summed E-state index contributed by atoms with van der Waals surface area (Å²) in [6, 6.07) is 0. The Morgan fingerprint density at radius 3 is 2.50 bits per heavy atom. The van der Waals surface area contributed by atoms with Gasteiger partial charge in [0.25, 0.3) is 0 Å². The Hall–Kier alpha value is -0.300. The highest BCUT2D eigenvalue weighted by molar-refractivity contribution is 5.07. The topological polar surface area (TPSA) is 12.5 Å². The molecule has 1 saturated heterocycles. The van der Waals surface area contributed by atoms with Crippen LogP contribution in [0.5, 0.6) is 0 Å². The summed E-state index contributed by atoms with van der Waals surface area (Å²) in [7, 11) is 0. The van der Waals surface area contributed by atoms with Crippen LogP contribution in [0.15, 0.2) is 11.6 Å². The minimum atomic E-state index is 0.450. The fraction of sp³-hybridized carbons (Fsp3) is 0.846. The highest BCUT2D eigenvalue weighted by atomic mass is 16.6. The molecule has 0 saturated carbocycles. The summed E-state index contributed by atoms with van der Waals surface area (Å²) in [5.74, 6) is 0. The van der Waals surface area contributed by atoms with E-state index in [0.29, 0.717) is 12.2 Å². The zero-order chi connectivity index (χ0) is 10.4. The number of ether oxygens (including phenoxy) is 1. The third-order valence-electron chi connectivity index (χ3n) is 2.71. The van der Waals surface area contributed by atoms with Crippen molar-refractivity contribution in [3.8, 4) is 0 Å². The number of unbranched alkanes of at least 4 members (excludes halogenated alkanes) is 4. The Kier molecular flexibility index (Phi) is 5.24. The fourth-order valence-corrected chi connectivity index (χ4v) is 1.81. The van der Waals surface area contributed by atoms with Crippen molar-refractivity contribution in [3.63, 3.8) is 0 Å². The molecule has 0 spiro atoms. The Morgan fingerprint density at radius 1 is 1.14 bits per heavy atom. The highest BCUT2D eigenvalue weighted by Gasteiger charge is 2.35. The molecule has 0 aromatic rings. The van der Waals surface area contributed by atoms with Gasteiger partial charge in [0.15, 0.2) is 0 Å². The minimum absolute atomic E-state index is 0.450. The molecule has 1 fully saturated rings. The van der Waals surface area contributed by atoms with Crippen LogP contribution in [0.1, 0.15) is 59.3 Å². The van der Waals surface area contributed by atoms with Crippen LogP contribution in [0, 0.1) is 0 Å². The molecule has 1 aliphatic rings. The molecule has 14 heavy (non-hydrogen) atoms. The van der Waals surface area contributed by atoms with Crippen molar-refractivity contribution in [2.24, 2.45) is 0 Å². The van der Waals surface area contributed by atoms with Gasteiger partial charge in [0, 0.05) is 0 Å². The van der Waals surface area contributed by atoms with Crippen molar-refractivity contribution in [1.82, 2.24) is 0 Å². The summed E-state index contributed by atoms with van der Waals surface area (Å²) in [6.07, 6.45) is 11.4. The third kappa shape index (κ3) is 4.80. The van der Waals surface area contributed by atoms with Gasteiger partial charge in [0.2, 0.25) is 0 Å². The zero-order valence-electron chi connectivity index (χ0n) is 9.88. The molecule has 0 aliphatic carbocycles. The fourth-order valence-electron chi connectivity index (χ4n) is 1.81. The second-order valence-electron chi connectivity index (χ2n) is 4.59. The predicted octanol–water partition coefficient (Wildman–Crippen LogP) is 4.08. The van der Waals surface area contributed by atoms with E-state index in [1.165, 1.54) is 44.1 Å². The number of hydrogen-bond donors (Lipinski definition) is 0. The summed E-state index contributed by atoms with van der Waals surface area (Å²) >= 11 is 0. The van der Waals surface area contributed by atoms with E-state index >= 15 is 0 Å². The summed E-state index contributed by atoms with van der Waals surface area (Å²) in [5, 5.41) is 0. The molecule has 0 unspecified atom stereocenters. The van der Waals surface area contributed by atoms with Crippen molar-refractivity contribution in [1.29, 1.82) is 0 Å². The van der Waals surface area contributed by atoms with Crippen LogP contribution in [0.2, 0.25) is 0 Å². The largest absolute Gasteiger partial charge is 0.365 e. The highest BCUT2D eigenvalue weighted by Crippen LogP contribution is 2.29. The second kappa shape index (κ2) is 6.23. The molecule has 1 rings (SSSR count). The molecule has 0 N–H and O–H groups in total.